The van der Waals surface area contributed by atoms with Crippen LogP contribution >= 0.6 is 0 Å². The Bertz CT molecular complexity index is 797. The standard InChI is InChI=1S/C14H15BN4O/c1-19-7-10(13-14(16)17-6-12(15)18-13)9-5-8(20-2)3-4-11(9)19/h3-7H,15H2,1-2H3,(H2,16,17). The van der Waals surface area contributed by atoms with E-state index in [1.807, 2.05) is 43.9 Å². The Balaban J connectivity index is 2.33. The summed E-state index contributed by atoms with van der Waals surface area (Å²) in [4.78, 5) is 8.71. The number of aromatic nitrogens is 3. The molecule has 3 rings (SSSR count). The minimum atomic E-state index is 0.436. The van der Waals surface area contributed by atoms with Gasteiger partial charge in [-0.15, -0.1) is 0 Å². The molecule has 0 spiro atoms. The molecule has 0 unspecified atom stereocenters. The molecule has 0 aliphatic carbocycles. The Hall–Kier alpha value is -2.50. The highest BCUT2D eigenvalue weighted by atomic mass is 16.5. The highest BCUT2D eigenvalue weighted by Gasteiger charge is 2.14. The monoisotopic (exact) mass is 266 g/mol. The molecule has 100 valence electrons. The van der Waals surface area contributed by atoms with E-state index >= 15 is 0 Å². The third kappa shape index (κ3) is 1.89. The lowest BCUT2D eigenvalue weighted by Gasteiger charge is -2.05. The number of benzene rings is 1. The third-order valence-electron chi connectivity index (χ3n) is 3.37. The van der Waals surface area contributed by atoms with Crippen LogP contribution in [-0.2, 0) is 7.05 Å². The van der Waals surface area contributed by atoms with Gasteiger partial charge in [0, 0.05) is 41.5 Å². The first-order valence-corrected chi connectivity index (χ1v) is 6.32. The largest absolute Gasteiger partial charge is 0.497 e. The van der Waals surface area contributed by atoms with Crippen LogP contribution < -0.4 is 16.1 Å². The molecule has 2 aromatic heterocycles. The number of methoxy groups -OCH3 is 1. The molecule has 20 heavy (non-hydrogen) atoms. The van der Waals surface area contributed by atoms with E-state index in [0.29, 0.717) is 11.5 Å². The number of aryl methyl sites for hydroxylation is 1. The lowest BCUT2D eigenvalue weighted by atomic mass is 10.0. The van der Waals surface area contributed by atoms with Crippen LogP contribution in [0.25, 0.3) is 22.2 Å². The van der Waals surface area contributed by atoms with Crippen molar-refractivity contribution in [3.8, 4) is 17.0 Å². The summed E-state index contributed by atoms with van der Waals surface area (Å²) in [5.74, 6) is 1.25. The van der Waals surface area contributed by atoms with Crippen LogP contribution in [0, 0.1) is 0 Å². The molecule has 3 aromatic rings. The van der Waals surface area contributed by atoms with Crippen LogP contribution in [0.15, 0.2) is 30.6 Å². The fourth-order valence-corrected chi connectivity index (χ4v) is 2.37. The normalized spacial score (nSPS) is 10.9. The molecule has 0 fully saturated rings. The quantitative estimate of drug-likeness (QED) is 0.685. The summed E-state index contributed by atoms with van der Waals surface area (Å²) in [6.45, 7) is 0. The number of nitrogens with two attached hydrogens (primary N) is 1. The van der Waals surface area contributed by atoms with Crippen molar-refractivity contribution in [2.75, 3.05) is 12.8 Å². The number of ether oxygens (including phenoxy) is 1. The Morgan fingerprint density at radius 1 is 1.35 bits per heavy atom. The van der Waals surface area contributed by atoms with E-state index in [1.165, 1.54) is 0 Å². The zero-order chi connectivity index (χ0) is 14.3. The van der Waals surface area contributed by atoms with Crippen molar-refractivity contribution in [1.29, 1.82) is 0 Å². The fourth-order valence-electron chi connectivity index (χ4n) is 2.37. The molecule has 2 heterocycles. The number of hydrogen-bond donors (Lipinski definition) is 1. The van der Waals surface area contributed by atoms with Crippen LogP contribution in [0.4, 0.5) is 5.82 Å². The number of nitrogens with zero attached hydrogens (tertiary/aromatic N) is 3. The maximum atomic E-state index is 5.98. The van der Waals surface area contributed by atoms with Gasteiger partial charge in [0.1, 0.15) is 17.3 Å². The van der Waals surface area contributed by atoms with E-state index in [-0.39, 0.29) is 0 Å². The van der Waals surface area contributed by atoms with Gasteiger partial charge in [0.25, 0.3) is 0 Å². The van der Waals surface area contributed by atoms with Gasteiger partial charge in [-0.05, 0) is 18.2 Å². The molecular weight excluding hydrogens is 251 g/mol. The van der Waals surface area contributed by atoms with E-state index in [2.05, 4.69) is 9.97 Å². The van der Waals surface area contributed by atoms with Gasteiger partial charge >= 0.3 is 0 Å². The number of hydrogen-bond acceptors (Lipinski definition) is 4. The lowest BCUT2D eigenvalue weighted by molar-refractivity contribution is 0.415. The topological polar surface area (TPSA) is 66.0 Å². The molecule has 6 heteroatoms. The van der Waals surface area contributed by atoms with Gasteiger partial charge in [0.05, 0.1) is 7.11 Å². The predicted molar refractivity (Wildman–Crippen MR) is 83.1 cm³/mol. The maximum absolute atomic E-state index is 5.98. The average molecular weight is 266 g/mol. The van der Waals surface area contributed by atoms with Gasteiger partial charge < -0.3 is 15.0 Å². The van der Waals surface area contributed by atoms with Crippen LogP contribution in [0.5, 0.6) is 5.75 Å². The second kappa shape index (κ2) is 4.56. The van der Waals surface area contributed by atoms with Gasteiger partial charge in [-0.1, -0.05) is 0 Å². The molecule has 0 saturated heterocycles. The van der Waals surface area contributed by atoms with Crippen molar-refractivity contribution < 1.29 is 4.74 Å². The Morgan fingerprint density at radius 3 is 2.90 bits per heavy atom. The Kier molecular flexibility index (Phi) is 2.86. The summed E-state index contributed by atoms with van der Waals surface area (Å²) >= 11 is 0. The summed E-state index contributed by atoms with van der Waals surface area (Å²) in [5.41, 5.74) is 9.60. The SMILES string of the molecule is Bc1cnc(N)c(-c2cn(C)c3ccc(OC)cc23)n1. The summed E-state index contributed by atoms with van der Waals surface area (Å²) in [7, 11) is 5.56. The Morgan fingerprint density at radius 2 is 2.15 bits per heavy atom. The highest BCUT2D eigenvalue weighted by molar-refractivity contribution is 6.30. The van der Waals surface area contributed by atoms with Crippen LogP contribution in [-0.4, -0.2) is 29.5 Å². The van der Waals surface area contributed by atoms with E-state index < -0.39 is 0 Å². The molecule has 0 bridgehead atoms. The molecule has 0 atom stereocenters. The zero-order valence-electron chi connectivity index (χ0n) is 11.7. The van der Waals surface area contributed by atoms with Crippen molar-refractivity contribution in [3.63, 3.8) is 0 Å². The van der Waals surface area contributed by atoms with Gasteiger partial charge in [0.15, 0.2) is 7.85 Å². The van der Waals surface area contributed by atoms with Crippen LogP contribution in [0.1, 0.15) is 0 Å². The number of rotatable bonds is 2. The summed E-state index contributed by atoms with van der Waals surface area (Å²) in [6.07, 6.45) is 3.69. The smallest absolute Gasteiger partial charge is 0.166 e. The van der Waals surface area contributed by atoms with E-state index in [4.69, 9.17) is 10.5 Å². The molecule has 0 saturated carbocycles. The number of fused-ring (bicyclic) bond motifs is 1. The lowest BCUT2D eigenvalue weighted by Crippen LogP contribution is -2.12. The third-order valence-corrected chi connectivity index (χ3v) is 3.37. The average Bonchev–Trinajstić information content (AvgIpc) is 2.78. The zero-order valence-corrected chi connectivity index (χ0v) is 11.7. The fraction of sp³-hybridized carbons (Fsp3) is 0.143. The van der Waals surface area contributed by atoms with Gasteiger partial charge in [-0.25, -0.2) is 4.98 Å². The molecule has 0 amide bonds. The molecule has 5 nitrogen and oxygen atoms in total. The highest BCUT2D eigenvalue weighted by Crippen LogP contribution is 2.33. The summed E-state index contributed by atoms with van der Waals surface area (Å²) < 4.78 is 7.35. The molecule has 1 aromatic carbocycles. The van der Waals surface area contributed by atoms with Crippen molar-refractivity contribution in [2.45, 2.75) is 0 Å². The summed E-state index contributed by atoms with van der Waals surface area (Å²) in [6, 6.07) is 5.96. The van der Waals surface area contributed by atoms with Crippen molar-refractivity contribution in [3.05, 3.63) is 30.6 Å². The van der Waals surface area contributed by atoms with Crippen molar-refractivity contribution >= 4 is 30.2 Å². The predicted octanol–water partition coefficient (Wildman–Crippen LogP) is 0.484. The molecule has 0 aliphatic rings. The first-order valence-electron chi connectivity index (χ1n) is 6.32. The van der Waals surface area contributed by atoms with Crippen LogP contribution in [0.2, 0.25) is 0 Å². The first-order chi connectivity index (χ1) is 9.60. The number of anilines is 1. The summed E-state index contributed by atoms with van der Waals surface area (Å²) in [5, 5.41) is 1.05. The second-order valence-electron chi connectivity index (χ2n) is 4.78. The molecule has 0 aliphatic heterocycles. The Labute approximate surface area is 117 Å². The molecular formula is C14H15BN4O. The first kappa shape index (κ1) is 12.5. The molecule has 2 N–H and O–H groups in total. The maximum Gasteiger partial charge on any atom is 0.166 e. The van der Waals surface area contributed by atoms with Gasteiger partial charge in [-0.2, -0.15) is 0 Å². The van der Waals surface area contributed by atoms with Gasteiger partial charge in [0.2, 0.25) is 0 Å². The van der Waals surface area contributed by atoms with E-state index in [9.17, 15) is 0 Å². The second-order valence-corrected chi connectivity index (χ2v) is 4.78. The van der Waals surface area contributed by atoms with E-state index in [1.54, 1.807) is 13.3 Å². The van der Waals surface area contributed by atoms with E-state index in [0.717, 1.165) is 27.8 Å². The van der Waals surface area contributed by atoms with Crippen LogP contribution in [0.3, 0.4) is 0 Å². The van der Waals surface area contributed by atoms with Crippen molar-refractivity contribution in [1.82, 2.24) is 14.5 Å². The molecule has 0 radical (unpaired) electrons. The van der Waals surface area contributed by atoms with Crippen molar-refractivity contribution in [2.24, 2.45) is 7.05 Å². The minimum absolute atomic E-state index is 0.436. The van der Waals surface area contributed by atoms with Gasteiger partial charge in [-0.3, -0.25) is 4.98 Å². The minimum Gasteiger partial charge on any atom is -0.497 e. The number of nitrogen functional groups attached to an aromatic ring is 1.